The van der Waals surface area contributed by atoms with E-state index in [9.17, 15) is 0 Å². The van der Waals surface area contributed by atoms with E-state index in [0.717, 1.165) is 12.5 Å². The monoisotopic (exact) mass is 249 g/mol. The molecule has 0 amide bonds. The van der Waals surface area contributed by atoms with Crippen LogP contribution in [0.2, 0.25) is 0 Å². The number of likely N-dealkylation sites (N-methyl/N-ethyl adjacent to an activating group) is 1. The summed E-state index contributed by atoms with van der Waals surface area (Å²) in [6.45, 7) is 7.95. The Morgan fingerprint density at radius 1 is 1.35 bits per heavy atom. The molecule has 3 atom stereocenters. The maximum Gasteiger partial charge on any atom is 0.0170 e. The Balaban J connectivity index is 2.21. The molecule has 0 spiro atoms. The number of hydrogen-bond donors (Lipinski definition) is 1. The van der Waals surface area contributed by atoms with Gasteiger partial charge in [-0.2, -0.15) is 0 Å². The van der Waals surface area contributed by atoms with Crippen molar-refractivity contribution in [2.45, 2.75) is 44.0 Å². The van der Waals surface area contributed by atoms with Crippen molar-refractivity contribution in [3.8, 4) is 0 Å². The molecule has 1 aromatic rings. The third-order valence-corrected chi connectivity index (χ3v) is 5.08. The zero-order valence-corrected chi connectivity index (χ0v) is 11.9. The van der Waals surface area contributed by atoms with Crippen molar-refractivity contribution in [2.75, 3.05) is 12.3 Å². The zero-order chi connectivity index (χ0) is 12.3. The predicted molar refractivity (Wildman–Crippen MR) is 76.8 cm³/mol. The second kappa shape index (κ2) is 5.92. The number of benzene rings is 1. The van der Waals surface area contributed by atoms with E-state index in [1.165, 1.54) is 17.1 Å². The van der Waals surface area contributed by atoms with E-state index < -0.39 is 0 Å². The third-order valence-electron chi connectivity index (χ3n) is 3.87. The molecule has 17 heavy (non-hydrogen) atoms. The van der Waals surface area contributed by atoms with Crippen LogP contribution in [-0.2, 0) is 0 Å². The van der Waals surface area contributed by atoms with E-state index in [1.807, 2.05) is 11.8 Å². The summed E-state index contributed by atoms with van der Waals surface area (Å²) in [6.07, 6.45) is 1.25. The van der Waals surface area contributed by atoms with Gasteiger partial charge in [-0.25, -0.2) is 0 Å². The van der Waals surface area contributed by atoms with Crippen LogP contribution in [0.25, 0.3) is 0 Å². The van der Waals surface area contributed by atoms with Crippen LogP contribution < -0.4 is 5.32 Å². The molecule has 0 saturated heterocycles. The van der Waals surface area contributed by atoms with Gasteiger partial charge in [0, 0.05) is 22.6 Å². The van der Waals surface area contributed by atoms with Gasteiger partial charge < -0.3 is 5.32 Å². The van der Waals surface area contributed by atoms with Crippen molar-refractivity contribution in [3.63, 3.8) is 0 Å². The van der Waals surface area contributed by atoms with E-state index in [2.05, 4.69) is 50.4 Å². The van der Waals surface area contributed by atoms with Crippen LogP contribution in [0, 0.1) is 5.92 Å². The van der Waals surface area contributed by atoms with Gasteiger partial charge in [0.25, 0.3) is 0 Å². The Kier molecular flexibility index (Phi) is 4.52. The molecular weight excluding hydrogens is 226 g/mol. The lowest BCUT2D eigenvalue weighted by Crippen LogP contribution is -2.40. The molecule has 1 aliphatic rings. The summed E-state index contributed by atoms with van der Waals surface area (Å²) in [4.78, 5) is 1.49. The van der Waals surface area contributed by atoms with Crippen LogP contribution >= 0.6 is 11.8 Å². The minimum atomic E-state index is 0.626. The zero-order valence-electron chi connectivity index (χ0n) is 11.1. The molecule has 1 aromatic carbocycles. The molecule has 2 heteroatoms. The van der Waals surface area contributed by atoms with Crippen LogP contribution in [0.1, 0.15) is 38.7 Å². The standard InChI is InChI=1S/C15H23NS/c1-4-11(3)15(16-5-2)13-10-17-14-9-7-6-8-12(13)14/h6-9,11,13,15-16H,4-5,10H2,1-3H3. The Bertz CT molecular complexity index is 364. The molecule has 0 bridgehead atoms. The van der Waals surface area contributed by atoms with Gasteiger partial charge in [0.15, 0.2) is 0 Å². The van der Waals surface area contributed by atoms with Crippen LogP contribution in [0.4, 0.5) is 0 Å². The SMILES string of the molecule is CCNC(C(C)CC)C1CSc2ccccc21. The fourth-order valence-corrected chi connectivity index (χ4v) is 4.02. The molecular formula is C15H23NS. The molecule has 1 heterocycles. The average Bonchev–Trinajstić information content (AvgIpc) is 2.79. The maximum absolute atomic E-state index is 3.70. The van der Waals surface area contributed by atoms with Crippen molar-refractivity contribution >= 4 is 11.8 Å². The first-order valence-electron chi connectivity index (χ1n) is 6.73. The maximum atomic E-state index is 3.70. The van der Waals surface area contributed by atoms with Crippen molar-refractivity contribution in [3.05, 3.63) is 29.8 Å². The lowest BCUT2D eigenvalue weighted by molar-refractivity contribution is 0.335. The Morgan fingerprint density at radius 3 is 2.82 bits per heavy atom. The summed E-state index contributed by atoms with van der Waals surface area (Å²) in [6, 6.07) is 9.53. The summed E-state index contributed by atoms with van der Waals surface area (Å²) in [5, 5.41) is 3.70. The van der Waals surface area contributed by atoms with Crippen molar-refractivity contribution in [1.29, 1.82) is 0 Å². The van der Waals surface area contributed by atoms with E-state index in [0.29, 0.717) is 12.0 Å². The van der Waals surface area contributed by atoms with Gasteiger partial charge in [-0.1, -0.05) is 45.4 Å². The van der Waals surface area contributed by atoms with Gasteiger partial charge in [0.2, 0.25) is 0 Å². The minimum Gasteiger partial charge on any atom is -0.313 e. The number of thioether (sulfide) groups is 1. The highest BCUT2D eigenvalue weighted by molar-refractivity contribution is 7.99. The van der Waals surface area contributed by atoms with E-state index in [1.54, 1.807) is 5.56 Å². The second-order valence-electron chi connectivity index (χ2n) is 4.92. The van der Waals surface area contributed by atoms with E-state index in [4.69, 9.17) is 0 Å². The Labute approximate surface area is 109 Å². The first kappa shape index (κ1) is 13.0. The van der Waals surface area contributed by atoms with Gasteiger partial charge in [-0.3, -0.25) is 0 Å². The molecule has 3 unspecified atom stereocenters. The predicted octanol–water partition coefficient (Wildman–Crippen LogP) is 3.90. The van der Waals surface area contributed by atoms with Gasteiger partial charge >= 0.3 is 0 Å². The minimum absolute atomic E-state index is 0.626. The fraction of sp³-hybridized carbons (Fsp3) is 0.600. The first-order valence-corrected chi connectivity index (χ1v) is 7.71. The van der Waals surface area contributed by atoms with Crippen LogP contribution in [-0.4, -0.2) is 18.3 Å². The quantitative estimate of drug-likeness (QED) is 0.849. The lowest BCUT2D eigenvalue weighted by atomic mass is 9.84. The van der Waals surface area contributed by atoms with Crippen LogP contribution in [0.15, 0.2) is 29.2 Å². The number of fused-ring (bicyclic) bond motifs is 1. The average molecular weight is 249 g/mol. The van der Waals surface area contributed by atoms with Crippen molar-refractivity contribution < 1.29 is 0 Å². The highest BCUT2D eigenvalue weighted by atomic mass is 32.2. The van der Waals surface area contributed by atoms with Gasteiger partial charge in [0.1, 0.15) is 0 Å². The van der Waals surface area contributed by atoms with E-state index in [-0.39, 0.29) is 0 Å². The summed E-state index contributed by atoms with van der Waals surface area (Å²) >= 11 is 2.02. The van der Waals surface area contributed by atoms with Gasteiger partial charge in [-0.05, 0) is 24.1 Å². The molecule has 0 aliphatic carbocycles. The summed E-state index contributed by atoms with van der Waals surface area (Å²) in [5.41, 5.74) is 1.56. The molecule has 0 fully saturated rings. The largest absolute Gasteiger partial charge is 0.313 e. The third kappa shape index (κ3) is 2.69. The van der Waals surface area contributed by atoms with Crippen molar-refractivity contribution in [2.24, 2.45) is 5.92 Å². The number of hydrogen-bond acceptors (Lipinski definition) is 2. The smallest absolute Gasteiger partial charge is 0.0170 e. The summed E-state index contributed by atoms with van der Waals surface area (Å²) in [7, 11) is 0. The molecule has 2 rings (SSSR count). The van der Waals surface area contributed by atoms with Gasteiger partial charge in [0.05, 0.1) is 0 Å². The molecule has 0 aromatic heterocycles. The lowest BCUT2D eigenvalue weighted by Gasteiger charge is -2.30. The Morgan fingerprint density at radius 2 is 2.12 bits per heavy atom. The highest BCUT2D eigenvalue weighted by Gasteiger charge is 2.32. The molecule has 94 valence electrons. The topological polar surface area (TPSA) is 12.0 Å². The fourth-order valence-electron chi connectivity index (χ4n) is 2.71. The summed E-state index contributed by atoms with van der Waals surface area (Å²) < 4.78 is 0. The Hall–Kier alpha value is -0.470. The first-order chi connectivity index (χ1) is 8.27. The van der Waals surface area contributed by atoms with Crippen LogP contribution in [0.3, 0.4) is 0 Å². The molecule has 1 nitrogen and oxygen atoms in total. The summed E-state index contributed by atoms with van der Waals surface area (Å²) in [5.74, 6) is 2.67. The second-order valence-corrected chi connectivity index (χ2v) is 5.99. The molecule has 0 saturated carbocycles. The normalized spacial score (nSPS) is 22.2. The molecule has 1 aliphatic heterocycles. The molecule has 0 radical (unpaired) electrons. The number of nitrogens with one attached hydrogen (secondary N) is 1. The van der Waals surface area contributed by atoms with Gasteiger partial charge in [-0.15, -0.1) is 11.8 Å². The molecule has 1 N–H and O–H groups in total. The number of rotatable bonds is 5. The van der Waals surface area contributed by atoms with E-state index >= 15 is 0 Å². The van der Waals surface area contributed by atoms with Crippen molar-refractivity contribution in [1.82, 2.24) is 5.32 Å². The highest BCUT2D eigenvalue weighted by Crippen LogP contribution is 2.42. The van der Waals surface area contributed by atoms with Crippen LogP contribution in [0.5, 0.6) is 0 Å².